The minimum absolute atomic E-state index is 0.00446. The summed E-state index contributed by atoms with van der Waals surface area (Å²) >= 11 is 0. The van der Waals surface area contributed by atoms with E-state index in [9.17, 15) is 4.79 Å². The zero-order valence-corrected chi connectivity index (χ0v) is 13.2. The molecule has 0 saturated carbocycles. The average Bonchev–Trinajstić information content (AvgIpc) is 3.07. The third kappa shape index (κ3) is 2.90. The van der Waals surface area contributed by atoms with Gasteiger partial charge in [0, 0.05) is 17.7 Å². The first-order valence-electron chi connectivity index (χ1n) is 7.61. The lowest BCUT2D eigenvalue weighted by Gasteiger charge is -2.11. The van der Waals surface area contributed by atoms with Crippen LogP contribution in [-0.2, 0) is 17.7 Å². The summed E-state index contributed by atoms with van der Waals surface area (Å²) in [4.78, 5) is 11.6. The van der Waals surface area contributed by atoms with Gasteiger partial charge in [0.15, 0.2) is 0 Å². The Hall–Kier alpha value is -2.81. The molecule has 0 aliphatic carbocycles. The minimum atomic E-state index is -0.389. The van der Waals surface area contributed by atoms with E-state index >= 15 is 0 Å². The Morgan fingerprint density at radius 3 is 3.04 bits per heavy atom. The molecule has 1 aliphatic rings. The SMILES string of the molecule is CCOC(=O)NC1Cc2c(-c3ccc(C#N)cc3C)cnn2C1. The van der Waals surface area contributed by atoms with E-state index in [1.54, 1.807) is 6.92 Å². The molecule has 1 atom stereocenters. The van der Waals surface area contributed by atoms with Crippen molar-refractivity contribution in [3.8, 4) is 17.2 Å². The van der Waals surface area contributed by atoms with Crippen LogP contribution in [0.25, 0.3) is 11.1 Å². The van der Waals surface area contributed by atoms with E-state index in [1.165, 1.54) is 0 Å². The first-order valence-corrected chi connectivity index (χ1v) is 7.61. The molecular formula is C17H18N4O2. The normalized spacial score (nSPS) is 15.8. The van der Waals surface area contributed by atoms with Gasteiger partial charge in [0.05, 0.1) is 37.0 Å². The second-order valence-corrected chi connectivity index (χ2v) is 5.59. The second kappa shape index (κ2) is 6.13. The molecule has 1 aromatic heterocycles. The predicted molar refractivity (Wildman–Crippen MR) is 84.8 cm³/mol. The molecule has 118 valence electrons. The maximum Gasteiger partial charge on any atom is 0.407 e. The number of aryl methyl sites for hydroxylation is 1. The number of nitriles is 1. The fraction of sp³-hybridized carbons (Fsp3) is 0.353. The van der Waals surface area contributed by atoms with Crippen molar-refractivity contribution < 1.29 is 9.53 Å². The monoisotopic (exact) mass is 310 g/mol. The first-order chi connectivity index (χ1) is 11.1. The predicted octanol–water partition coefficient (Wildman–Crippen LogP) is 2.40. The number of ether oxygens (including phenoxy) is 1. The zero-order valence-electron chi connectivity index (χ0n) is 13.2. The standard InChI is InChI=1S/C17H18N4O2/c1-3-23-17(22)20-13-7-16-15(9-19-21(16)10-13)14-5-4-12(8-18)6-11(14)2/h4-6,9,13H,3,7,10H2,1-2H3,(H,20,22). The molecule has 3 rings (SSSR count). The van der Waals surface area contributed by atoms with E-state index in [1.807, 2.05) is 36.0 Å². The molecule has 6 heteroatoms. The molecule has 1 amide bonds. The number of alkyl carbamates (subject to hydrolysis) is 1. The third-order valence-corrected chi connectivity index (χ3v) is 4.02. The maximum atomic E-state index is 11.6. The van der Waals surface area contributed by atoms with Gasteiger partial charge in [-0.05, 0) is 37.1 Å². The third-order valence-electron chi connectivity index (χ3n) is 4.02. The lowest BCUT2D eigenvalue weighted by molar-refractivity contribution is 0.147. The van der Waals surface area contributed by atoms with Crippen molar-refractivity contribution in [2.75, 3.05) is 6.61 Å². The zero-order chi connectivity index (χ0) is 16.4. The van der Waals surface area contributed by atoms with Gasteiger partial charge in [-0.15, -0.1) is 0 Å². The number of amides is 1. The summed E-state index contributed by atoms with van der Waals surface area (Å²) < 4.78 is 6.85. The van der Waals surface area contributed by atoms with Gasteiger partial charge >= 0.3 is 6.09 Å². The Balaban J connectivity index is 1.82. The van der Waals surface area contributed by atoms with Crippen LogP contribution >= 0.6 is 0 Å². The average molecular weight is 310 g/mol. The molecule has 2 aromatic rings. The number of carbonyl (C=O) groups is 1. The number of hydrogen-bond donors (Lipinski definition) is 1. The molecule has 1 aromatic carbocycles. The number of hydrogen-bond acceptors (Lipinski definition) is 4. The van der Waals surface area contributed by atoms with Gasteiger partial charge < -0.3 is 10.1 Å². The van der Waals surface area contributed by atoms with Crippen LogP contribution in [0.5, 0.6) is 0 Å². The molecule has 2 heterocycles. The van der Waals surface area contributed by atoms with Crippen LogP contribution in [0.1, 0.15) is 23.7 Å². The number of nitrogens with zero attached hydrogens (tertiary/aromatic N) is 3. The van der Waals surface area contributed by atoms with Crippen molar-refractivity contribution in [2.45, 2.75) is 32.9 Å². The molecule has 0 radical (unpaired) electrons. The summed E-state index contributed by atoms with van der Waals surface area (Å²) in [5.41, 5.74) is 4.92. The van der Waals surface area contributed by atoms with Gasteiger partial charge in [-0.25, -0.2) is 4.79 Å². The van der Waals surface area contributed by atoms with Crippen molar-refractivity contribution in [1.82, 2.24) is 15.1 Å². The smallest absolute Gasteiger partial charge is 0.407 e. The Labute approximate surface area is 134 Å². The topological polar surface area (TPSA) is 79.9 Å². The molecule has 1 aliphatic heterocycles. The highest BCUT2D eigenvalue weighted by Crippen LogP contribution is 2.31. The molecule has 0 saturated heterocycles. The summed E-state index contributed by atoms with van der Waals surface area (Å²) in [6.45, 7) is 4.77. The number of fused-ring (bicyclic) bond motifs is 1. The molecule has 0 bridgehead atoms. The van der Waals surface area contributed by atoms with Gasteiger partial charge in [-0.1, -0.05) is 6.07 Å². The molecule has 1 N–H and O–H groups in total. The largest absolute Gasteiger partial charge is 0.450 e. The van der Waals surface area contributed by atoms with Gasteiger partial charge in [-0.3, -0.25) is 4.68 Å². The summed E-state index contributed by atoms with van der Waals surface area (Å²) in [6.07, 6.45) is 2.18. The van der Waals surface area contributed by atoms with E-state index in [2.05, 4.69) is 16.5 Å². The number of benzene rings is 1. The molecular weight excluding hydrogens is 292 g/mol. The van der Waals surface area contributed by atoms with Crippen LogP contribution in [0.3, 0.4) is 0 Å². The Kier molecular flexibility index (Phi) is 4.02. The quantitative estimate of drug-likeness (QED) is 0.944. The fourth-order valence-corrected chi connectivity index (χ4v) is 2.99. The van der Waals surface area contributed by atoms with Crippen molar-refractivity contribution in [1.29, 1.82) is 5.26 Å². The Bertz CT molecular complexity index is 788. The van der Waals surface area contributed by atoms with Crippen LogP contribution in [0.15, 0.2) is 24.4 Å². The summed E-state index contributed by atoms with van der Waals surface area (Å²) in [6, 6.07) is 7.80. The molecule has 6 nitrogen and oxygen atoms in total. The summed E-state index contributed by atoms with van der Waals surface area (Å²) in [5.74, 6) is 0. The van der Waals surface area contributed by atoms with E-state index in [0.29, 0.717) is 25.1 Å². The van der Waals surface area contributed by atoms with E-state index in [4.69, 9.17) is 10.00 Å². The lowest BCUT2D eigenvalue weighted by atomic mass is 9.98. The summed E-state index contributed by atoms with van der Waals surface area (Å²) in [7, 11) is 0. The number of nitrogens with one attached hydrogen (secondary N) is 1. The molecule has 23 heavy (non-hydrogen) atoms. The number of rotatable bonds is 3. The first kappa shape index (κ1) is 15.1. The molecule has 0 fully saturated rings. The van der Waals surface area contributed by atoms with E-state index in [-0.39, 0.29) is 12.1 Å². The van der Waals surface area contributed by atoms with Gasteiger partial charge in [0.25, 0.3) is 0 Å². The number of aromatic nitrogens is 2. The highest BCUT2D eigenvalue weighted by Gasteiger charge is 2.27. The lowest BCUT2D eigenvalue weighted by Crippen LogP contribution is -2.36. The van der Waals surface area contributed by atoms with Crippen molar-refractivity contribution in [3.05, 3.63) is 41.2 Å². The Morgan fingerprint density at radius 2 is 2.35 bits per heavy atom. The van der Waals surface area contributed by atoms with Gasteiger partial charge in [-0.2, -0.15) is 10.4 Å². The number of carbonyl (C=O) groups excluding carboxylic acids is 1. The molecule has 1 unspecified atom stereocenters. The van der Waals surface area contributed by atoms with E-state index < -0.39 is 0 Å². The highest BCUT2D eigenvalue weighted by atomic mass is 16.5. The van der Waals surface area contributed by atoms with Crippen LogP contribution in [-0.4, -0.2) is 28.5 Å². The highest BCUT2D eigenvalue weighted by molar-refractivity contribution is 5.71. The van der Waals surface area contributed by atoms with E-state index in [0.717, 1.165) is 22.4 Å². The fourth-order valence-electron chi connectivity index (χ4n) is 2.99. The van der Waals surface area contributed by atoms with Crippen LogP contribution in [0, 0.1) is 18.3 Å². The Morgan fingerprint density at radius 1 is 1.52 bits per heavy atom. The second-order valence-electron chi connectivity index (χ2n) is 5.59. The van der Waals surface area contributed by atoms with Crippen LogP contribution in [0.2, 0.25) is 0 Å². The van der Waals surface area contributed by atoms with Crippen LogP contribution in [0.4, 0.5) is 4.79 Å². The van der Waals surface area contributed by atoms with Crippen molar-refractivity contribution in [3.63, 3.8) is 0 Å². The molecule has 0 spiro atoms. The maximum absolute atomic E-state index is 11.6. The van der Waals surface area contributed by atoms with Crippen molar-refractivity contribution in [2.24, 2.45) is 0 Å². The summed E-state index contributed by atoms with van der Waals surface area (Å²) in [5, 5.41) is 16.3. The van der Waals surface area contributed by atoms with Crippen LogP contribution < -0.4 is 5.32 Å². The minimum Gasteiger partial charge on any atom is -0.450 e. The van der Waals surface area contributed by atoms with Gasteiger partial charge in [0.2, 0.25) is 0 Å². The van der Waals surface area contributed by atoms with Crippen molar-refractivity contribution >= 4 is 6.09 Å². The van der Waals surface area contributed by atoms with Gasteiger partial charge in [0.1, 0.15) is 0 Å².